The molecule has 0 fully saturated rings. The van der Waals surface area contributed by atoms with Gasteiger partial charge in [0.2, 0.25) is 0 Å². The second-order valence-corrected chi connectivity index (χ2v) is 7.28. The first-order valence-electron chi connectivity index (χ1n) is 7.04. The Labute approximate surface area is 132 Å². The molecular weight excluding hydrogens is 298 g/mol. The Morgan fingerprint density at radius 3 is 2.77 bits per heavy atom. The smallest absolute Gasteiger partial charge is 0.259 e. The number of rotatable bonds is 2. The van der Waals surface area contributed by atoms with E-state index < -0.39 is 0 Å². The summed E-state index contributed by atoms with van der Waals surface area (Å²) in [7, 11) is 0. The van der Waals surface area contributed by atoms with Gasteiger partial charge in [-0.1, -0.05) is 37.3 Å². The summed E-state index contributed by atoms with van der Waals surface area (Å²) in [6, 6.07) is 6.86. The zero-order valence-corrected chi connectivity index (χ0v) is 13.3. The Kier molecular flexibility index (Phi) is 3.48. The SMILES string of the molecule is CC1(C)CC(=O)c2sc(NC(=O)c3ccccc3N)nc2C1. The van der Waals surface area contributed by atoms with Gasteiger partial charge < -0.3 is 5.73 Å². The van der Waals surface area contributed by atoms with Crippen LogP contribution in [0, 0.1) is 5.41 Å². The highest BCUT2D eigenvalue weighted by Crippen LogP contribution is 2.38. The van der Waals surface area contributed by atoms with Crippen LogP contribution in [0.1, 0.15) is 46.0 Å². The number of Topliss-reactive ketones (excluding diaryl/α,β-unsaturated/α-hetero) is 1. The summed E-state index contributed by atoms with van der Waals surface area (Å²) in [5.74, 6) is -0.209. The number of nitrogens with one attached hydrogen (secondary N) is 1. The topological polar surface area (TPSA) is 85.1 Å². The van der Waals surface area contributed by atoms with E-state index in [1.165, 1.54) is 11.3 Å². The fraction of sp³-hybridized carbons (Fsp3) is 0.312. The van der Waals surface area contributed by atoms with Gasteiger partial charge in [-0.05, 0) is 24.0 Å². The minimum absolute atomic E-state index is 0.0801. The molecule has 22 heavy (non-hydrogen) atoms. The second-order valence-electron chi connectivity index (χ2n) is 6.28. The van der Waals surface area contributed by atoms with E-state index >= 15 is 0 Å². The number of hydrogen-bond acceptors (Lipinski definition) is 5. The highest BCUT2D eigenvalue weighted by molar-refractivity contribution is 7.17. The maximum absolute atomic E-state index is 12.2. The number of nitrogens with zero attached hydrogens (tertiary/aromatic N) is 1. The van der Waals surface area contributed by atoms with Crippen molar-refractivity contribution < 1.29 is 9.59 Å². The average Bonchev–Trinajstić information content (AvgIpc) is 2.80. The number of para-hydroxylation sites is 1. The molecule has 6 heteroatoms. The van der Waals surface area contributed by atoms with Gasteiger partial charge in [-0.25, -0.2) is 4.98 Å². The first kappa shape index (κ1) is 14.7. The van der Waals surface area contributed by atoms with E-state index in [1.807, 2.05) is 0 Å². The summed E-state index contributed by atoms with van der Waals surface area (Å²) >= 11 is 1.24. The number of amides is 1. The second kappa shape index (κ2) is 5.21. The molecular formula is C16H17N3O2S. The number of fused-ring (bicyclic) bond motifs is 1. The summed E-state index contributed by atoms with van der Waals surface area (Å²) in [4.78, 5) is 29.5. The quantitative estimate of drug-likeness (QED) is 0.834. The van der Waals surface area contributed by atoms with Crippen LogP contribution in [0.5, 0.6) is 0 Å². The zero-order chi connectivity index (χ0) is 15.9. The van der Waals surface area contributed by atoms with Gasteiger partial charge in [0.1, 0.15) is 0 Å². The molecule has 3 rings (SSSR count). The molecule has 1 aromatic heterocycles. The van der Waals surface area contributed by atoms with Gasteiger partial charge in [0, 0.05) is 12.1 Å². The first-order chi connectivity index (χ1) is 10.4. The van der Waals surface area contributed by atoms with Crippen LogP contribution in [-0.4, -0.2) is 16.7 Å². The van der Waals surface area contributed by atoms with Crippen LogP contribution in [0.15, 0.2) is 24.3 Å². The number of carbonyl (C=O) groups is 2. The minimum Gasteiger partial charge on any atom is -0.398 e. The van der Waals surface area contributed by atoms with Gasteiger partial charge in [0.15, 0.2) is 10.9 Å². The highest BCUT2D eigenvalue weighted by Gasteiger charge is 2.34. The van der Waals surface area contributed by atoms with Crippen molar-refractivity contribution >= 4 is 33.8 Å². The first-order valence-corrected chi connectivity index (χ1v) is 7.86. The third-order valence-corrected chi connectivity index (χ3v) is 4.72. The minimum atomic E-state index is -0.309. The normalized spacial score (nSPS) is 16.2. The number of hydrogen-bond donors (Lipinski definition) is 2. The molecule has 114 valence electrons. The molecule has 0 saturated heterocycles. The number of nitrogens with two attached hydrogens (primary N) is 1. The van der Waals surface area contributed by atoms with Crippen molar-refractivity contribution in [3.63, 3.8) is 0 Å². The number of thiazole rings is 1. The molecule has 1 aliphatic carbocycles. The van der Waals surface area contributed by atoms with Gasteiger partial charge in [0.05, 0.1) is 16.1 Å². The maximum Gasteiger partial charge on any atom is 0.259 e. The molecule has 1 amide bonds. The van der Waals surface area contributed by atoms with Crippen LogP contribution < -0.4 is 11.1 Å². The van der Waals surface area contributed by atoms with Crippen molar-refractivity contribution in [2.24, 2.45) is 5.41 Å². The standard InChI is InChI=1S/C16H17N3O2S/c1-16(2)7-11-13(12(20)8-16)22-15(18-11)19-14(21)9-5-3-4-6-10(9)17/h3-6H,7-8,17H2,1-2H3,(H,18,19,21). The summed E-state index contributed by atoms with van der Waals surface area (Å²) in [6.45, 7) is 4.10. The third-order valence-electron chi connectivity index (χ3n) is 3.66. The number of aromatic nitrogens is 1. The lowest BCUT2D eigenvalue weighted by Gasteiger charge is -2.26. The van der Waals surface area contributed by atoms with Crippen molar-refractivity contribution in [1.29, 1.82) is 0 Å². The molecule has 0 bridgehead atoms. The predicted molar refractivity (Wildman–Crippen MR) is 87.4 cm³/mol. The van der Waals surface area contributed by atoms with Crippen LogP contribution >= 0.6 is 11.3 Å². The lowest BCUT2D eigenvalue weighted by atomic mass is 9.78. The molecule has 0 atom stereocenters. The van der Waals surface area contributed by atoms with Gasteiger partial charge in [0.25, 0.3) is 5.91 Å². The molecule has 1 aromatic carbocycles. The van der Waals surface area contributed by atoms with E-state index in [4.69, 9.17) is 5.73 Å². The molecule has 1 aliphatic rings. The molecule has 0 radical (unpaired) electrons. The van der Waals surface area contributed by atoms with Crippen molar-refractivity contribution in [2.75, 3.05) is 11.1 Å². The van der Waals surface area contributed by atoms with E-state index in [1.54, 1.807) is 24.3 Å². The largest absolute Gasteiger partial charge is 0.398 e. The van der Waals surface area contributed by atoms with E-state index in [-0.39, 0.29) is 17.1 Å². The van der Waals surface area contributed by atoms with E-state index in [2.05, 4.69) is 24.1 Å². The van der Waals surface area contributed by atoms with Crippen molar-refractivity contribution in [1.82, 2.24) is 4.98 Å². The Bertz CT molecular complexity index is 765. The van der Waals surface area contributed by atoms with Crippen molar-refractivity contribution in [2.45, 2.75) is 26.7 Å². The van der Waals surface area contributed by atoms with E-state index in [9.17, 15) is 9.59 Å². The molecule has 3 N–H and O–H groups in total. The van der Waals surface area contributed by atoms with Gasteiger partial charge >= 0.3 is 0 Å². The lowest BCUT2D eigenvalue weighted by molar-refractivity contribution is 0.0915. The third kappa shape index (κ3) is 2.74. The van der Waals surface area contributed by atoms with Crippen LogP contribution in [0.4, 0.5) is 10.8 Å². The number of carbonyl (C=O) groups excluding carboxylic acids is 2. The van der Waals surface area contributed by atoms with Gasteiger partial charge in [-0.3, -0.25) is 14.9 Å². The van der Waals surface area contributed by atoms with Crippen molar-refractivity contribution in [3.8, 4) is 0 Å². The zero-order valence-electron chi connectivity index (χ0n) is 12.5. The Balaban J connectivity index is 1.85. The van der Waals surface area contributed by atoms with Gasteiger partial charge in [-0.15, -0.1) is 0 Å². The molecule has 0 spiro atoms. The molecule has 0 saturated carbocycles. The molecule has 0 aliphatic heterocycles. The summed E-state index contributed by atoms with van der Waals surface area (Å²) < 4.78 is 0. The summed E-state index contributed by atoms with van der Waals surface area (Å²) in [5.41, 5.74) is 7.32. The van der Waals surface area contributed by atoms with E-state index in [0.717, 1.165) is 12.1 Å². The van der Waals surface area contributed by atoms with Crippen LogP contribution in [0.2, 0.25) is 0 Å². The summed E-state index contributed by atoms with van der Waals surface area (Å²) in [5, 5.41) is 3.19. The average molecular weight is 315 g/mol. The molecule has 5 nitrogen and oxygen atoms in total. The predicted octanol–water partition coefficient (Wildman–Crippen LogP) is 3.13. The number of nitrogen functional groups attached to an aromatic ring is 1. The Hall–Kier alpha value is -2.21. The van der Waals surface area contributed by atoms with Crippen LogP contribution in [0.3, 0.4) is 0 Å². The van der Waals surface area contributed by atoms with Crippen LogP contribution in [0.25, 0.3) is 0 Å². The molecule has 0 unspecified atom stereocenters. The Morgan fingerprint density at radius 1 is 1.32 bits per heavy atom. The molecule has 1 heterocycles. The maximum atomic E-state index is 12.2. The van der Waals surface area contributed by atoms with Crippen molar-refractivity contribution in [3.05, 3.63) is 40.4 Å². The van der Waals surface area contributed by atoms with E-state index in [0.29, 0.717) is 27.7 Å². The number of ketones is 1. The fourth-order valence-electron chi connectivity index (χ4n) is 2.64. The number of anilines is 2. The highest BCUT2D eigenvalue weighted by atomic mass is 32.1. The number of benzene rings is 1. The van der Waals surface area contributed by atoms with Gasteiger partial charge in [-0.2, -0.15) is 0 Å². The monoisotopic (exact) mass is 315 g/mol. The Morgan fingerprint density at radius 2 is 2.05 bits per heavy atom. The fourth-order valence-corrected chi connectivity index (χ4v) is 3.56. The summed E-state index contributed by atoms with van der Waals surface area (Å²) in [6.07, 6.45) is 1.26. The molecule has 2 aromatic rings. The van der Waals surface area contributed by atoms with Crippen LogP contribution in [-0.2, 0) is 6.42 Å². The lowest BCUT2D eigenvalue weighted by Crippen LogP contribution is -2.26.